The summed E-state index contributed by atoms with van der Waals surface area (Å²) in [6.07, 6.45) is 2.73. The van der Waals surface area contributed by atoms with Crippen LogP contribution >= 0.6 is 0 Å². The van der Waals surface area contributed by atoms with Crippen molar-refractivity contribution in [1.29, 1.82) is 0 Å². The first-order valence-corrected chi connectivity index (χ1v) is 8.17. The van der Waals surface area contributed by atoms with E-state index in [0.29, 0.717) is 0 Å². The maximum atomic E-state index is 12.4. The molecule has 0 amide bonds. The first kappa shape index (κ1) is 17.4. The van der Waals surface area contributed by atoms with Gasteiger partial charge in [0.2, 0.25) is 0 Å². The van der Waals surface area contributed by atoms with Gasteiger partial charge in [0, 0.05) is 0 Å². The Kier molecular flexibility index (Phi) is 5.13. The number of allylic oxidation sites excluding steroid dienone is 1. The van der Waals surface area contributed by atoms with Gasteiger partial charge in [-0.3, -0.25) is 9.59 Å². The van der Waals surface area contributed by atoms with Gasteiger partial charge in [0.05, 0.1) is 19.1 Å². The second-order valence-corrected chi connectivity index (χ2v) is 5.89. The van der Waals surface area contributed by atoms with E-state index < -0.39 is 5.78 Å². The molecule has 3 aromatic carbocycles. The van der Waals surface area contributed by atoms with Crippen LogP contribution in [0.3, 0.4) is 0 Å². The van der Waals surface area contributed by atoms with Crippen molar-refractivity contribution in [2.45, 2.75) is 6.42 Å². The summed E-state index contributed by atoms with van der Waals surface area (Å²) < 4.78 is 5.08. The van der Waals surface area contributed by atoms with E-state index >= 15 is 0 Å². The van der Waals surface area contributed by atoms with Crippen molar-refractivity contribution >= 4 is 28.4 Å². The normalized spacial score (nSPS) is 11.0. The van der Waals surface area contributed by atoms with Crippen molar-refractivity contribution in [3.63, 3.8) is 0 Å². The smallest absolute Gasteiger partial charge is 0.174 e. The molecule has 4 heteroatoms. The third kappa shape index (κ3) is 3.98. The molecule has 0 heterocycles. The van der Waals surface area contributed by atoms with E-state index in [-0.39, 0.29) is 23.5 Å². The number of ketones is 2. The summed E-state index contributed by atoms with van der Waals surface area (Å²) in [5.74, 6) is -0.105. The number of methoxy groups -OCH3 is 1. The standard InChI is InChI=1S/C22H18O4/c1-26-19-10-7-15(8-11-19)6-9-18(23)14-22(25)20-12-16-4-2-3-5-17(16)13-21(20)24/h2-13,24H,14H2,1H3. The highest BCUT2D eigenvalue weighted by molar-refractivity contribution is 6.14. The number of Topliss-reactive ketones (excluding diaryl/α,β-unsaturated/α-hetero) is 1. The van der Waals surface area contributed by atoms with Crippen LogP contribution in [0, 0.1) is 0 Å². The summed E-state index contributed by atoms with van der Waals surface area (Å²) in [6.45, 7) is 0. The minimum Gasteiger partial charge on any atom is -0.507 e. The molecular formula is C22H18O4. The number of phenolic OH excluding ortho intramolecular Hbond substituents is 1. The number of aromatic hydroxyl groups is 1. The highest BCUT2D eigenvalue weighted by Gasteiger charge is 2.15. The average molecular weight is 346 g/mol. The number of rotatable bonds is 6. The Morgan fingerprint density at radius 1 is 1.00 bits per heavy atom. The molecule has 3 rings (SSSR count). The molecule has 0 radical (unpaired) electrons. The predicted molar refractivity (Wildman–Crippen MR) is 102 cm³/mol. The lowest BCUT2D eigenvalue weighted by atomic mass is 10.00. The molecule has 0 saturated carbocycles. The van der Waals surface area contributed by atoms with Crippen molar-refractivity contribution in [1.82, 2.24) is 0 Å². The summed E-state index contributed by atoms with van der Waals surface area (Å²) in [4.78, 5) is 24.5. The molecule has 130 valence electrons. The molecule has 0 bridgehead atoms. The zero-order valence-electron chi connectivity index (χ0n) is 14.3. The fourth-order valence-corrected chi connectivity index (χ4v) is 2.67. The number of carbonyl (C=O) groups is 2. The molecule has 0 aromatic heterocycles. The van der Waals surface area contributed by atoms with Gasteiger partial charge < -0.3 is 9.84 Å². The lowest BCUT2D eigenvalue weighted by Gasteiger charge is -2.05. The van der Waals surface area contributed by atoms with Gasteiger partial charge in [-0.2, -0.15) is 0 Å². The Hall–Kier alpha value is -3.40. The van der Waals surface area contributed by atoms with Crippen LogP contribution in [-0.4, -0.2) is 23.8 Å². The Morgan fingerprint density at radius 2 is 1.65 bits per heavy atom. The van der Waals surface area contributed by atoms with Gasteiger partial charge in [-0.25, -0.2) is 0 Å². The van der Waals surface area contributed by atoms with Gasteiger partial charge in [-0.15, -0.1) is 0 Å². The van der Waals surface area contributed by atoms with Crippen LogP contribution in [0.25, 0.3) is 16.8 Å². The molecule has 0 atom stereocenters. The zero-order valence-corrected chi connectivity index (χ0v) is 14.3. The van der Waals surface area contributed by atoms with Crippen molar-refractivity contribution in [2.24, 2.45) is 0 Å². The van der Waals surface area contributed by atoms with E-state index in [1.54, 1.807) is 37.5 Å². The maximum absolute atomic E-state index is 12.4. The quantitative estimate of drug-likeness (QED) is 0.408. The van der Waals surface area contributed by atoms with Crippen LogP contribution < -0.4 is 4.74 Å². The largest absolute Gasteiger partial charge is 0.507 e. The summed E-state index contributed by atoms with van der Waals surface area (Å²) in [5.41, 5.74) is 0.995. The number of hydrogen-bond acceptors (Lipinski definition) is 4. The molecule has 0 aliphatic heterocycles. The van der Waals surface area contributed by atoms with E-state index in [1.807, 2.05) is 36.4 Å². The molecule has 0 saturated heterocycles. The van der Waals surface area contributed by atoms with Crippen molar-refractivity contribution in [3.8, 4) is 11.5 Å². The van der Waals surface area contributed by atoms with Crippen LogP contribution in [0.15, 0.2) is 66.7 Å². The molecular weight excluding hydrogens is 328 g/mol. The molecule has 0 aliphatic rings. The predicted octanol–water partition coefficient (Wildman–Crippen LogP) is 4.41. The summed E-state index contributed by atoms with van der Waals surface area (Å²) in [6, 6.07) is 17.8. The molecule has 0 unspecified atom stereocenters. The van der Waals surface area contributed by atoms with Crippen LogP contribution in [0.5, 0.6) is 11.5 Å². The van der Waals surface area contributed by atoms with E-state index in [2.05, 4.69) is 0 Å². The molecule has 3 aromatic rings. The van der Waals surface area contributed by atoms with E-state index in [9.17, 15) is 14.7 Å². The molecule has 4 nitrogen and oxygen atoms in total. The van der Waals surface area contributed by atoms with E-state index in [1.165, 1.54) is 6.08 Å². The Morgan fingerprint density at radius 3 is 2.31 bits per heavy atom. The van der Waals surface area contributed by atoms with Gasteiger partial charge in [-0.05, 0) is 46.7 Å². The highest BCUT2D eigenvalue weighted by Crippen LogP contribution is 2.26. The lowest BCUT2D eigenvalue weighted by Crippen LogP contribution is -2.06. The van der Waals surface area contributed by atoms with Crippen LogP contribution in [0.1, 0.15) is 22.3 Å². The molecule has 0 fully saturated rings. The molecule has 1 N–H and O–H groups in total. The summed E-state index contributed by atoms with van der Waals surface area (Å²) >= 11 is 0. The van der Waals surface area contributed by atoms with Crippen molar-refractivity contribution in [3.05, 3.63) is 77.9 Å². The van der Waals surface area contributed by atoms with Crippen LogP contribution in [0.4, 0.5) is 0 Å². The number of fused-ring (bicyclic) bond motifs is 1. The second-order valence-electron chi connectivity index (χ2n) is 5.89. The fourth-order valence-electron chi connectivity index (χ4n) is 2.67. The number of ether oxygens (including phenoxy) is 1. The minimum absolute atomic E-state index is 0.111. The minimum atomic E-state index is -0.405. The number of carbonyl (C=O) groups excluding carboxylic acids is 2. The third-order valence-corrected chi connectivity index (χ3v) is 4.08. The monoisotopic (exact) mass is 346 g/mol. The van der Waals surface area contributed by atoms with Gasteiger partial charge in [0.15, 0.2) is 11.6 Å². The van der Waals surface area contributed by atoms with Gasteiger partial charge in [0.25, 0.3) is 0 Å². The van der Waals surface area contributed by atoms with Gasteiger partial charge in [-0.1, -0.05) is 42.5 Å². The Bertz CT molecular complexity index is 985. The Balaban J connectivity index is 1.71. The fraction of sp³-hybridized carbons (Fsp3) is 0.0909. The van der Waals surface area contributed by atoms with Gasteiger partial charge >= 0.3 is 0 Å². The average Bonchev–Trinajstić information content (AvgIpc) is 2.66. The SMILES string of the molecule is COc1ccc(C=CC(=O)CC(=O)c2cc3ccccc3cc2O)cc1. The van der Waals surface area contributed by atoms with Crippen LogP contribution in [-0.2, 0) is 4.79 Å². The second kappa shape index (κ2) is 7.66. The number of hydrogen-bond donors (Lipinski definition) is 1. The third-order valence-electron chi connectivity index (χ3n) is 4.08. The molecule has 26 heavy (non-hydrogen) atoms. The number of phenols is 1. The maximum Gasteiger partial charge on any atom is 0.174 e. The molecule has 0 aliphatic carbocycles. The first-order valence-electron chi connectivity index (χ1n) is 8.17. The van der Waals surface area contributed by atoms with Crippen molar-refractivity contribution < 1.29 is 19.4 Å². The molecule has 0 spiro atoms. The topological polar surface area (TPSA) is 63.6 Å². The van der Waals surface area contributed by atoms with Crippen LogP contribution in [0.2, 0.25) is 0 Å². The van der Waals surface area contributed by atoms with Crippen molar-refractivity contribution in [2.75, 3.05) is 7.11 Å². The van der Waals surface area contributed by atoms with E-state index in [4.69, 9.17) is 4.74 Å². The van der Waals surface area contributed by atoms with E-state index in [0.717, 1.165) is 22.1 Å². The first-order chi connectivity index (χ1) is 12.6. The lowest BCUT2D eigenvalue weighted by molar-refractivity contribution is -0.113. The number of benzene rings is 3. The Labute approximate surface area is 151 Å². The summed E-state index contributed by atoms with van der Waals surface area (Å²) in [5, 5.41) is 11.8. The summed E-state index contributed by atoms with van der Waals surface area (Å²) in [7, 11) is 1.59. The zero-order chi connectivity index (χ0) is 18.5. The highest BCUT2D eigenvalue weighted by atomic mass is 16.5. The van der Waals surface area contributed by atoms with Gasteiger partial charge in [0.1, 0.15) is 11.5 Å².